The number of carbonyl (C=O) groups is 1. The van der Waals surface area contributed by atoms with Crippen molar-refractivity contribution in [1.82, 2.24) is 0 Å². The average Bonchev–Trinajstić information content (AvgIpc) is 2.69. The van der Waals surface area contributed by atoms with Gasteiger partial charge in [0.05, 0.1) is 25.9 Å². The quantitative estimate of drug-likeness (QED) is 0.779. The molecule has 0 aromatic heterocycles. The number of carbonyl (C=O) groups excluding carboxylic acids is 1. The predicted octanol–water partition coefficient (Wildman–Crippen LogP) is 3.98. The third kappa shape index (κ3) is 3.39. The Bertz CT molecular complexity index is 818. The minimum absolute atomic E-state index is 0.0767. The van der Waals surface area contributed by atoms with Crippen molar-refractivity contribution in [3.8, 4) is 17.2 Å². The van der Waals surface area contributed by atoms with Crippen molar-refractivity contribution in [3.63, 3.8) is 0 Å². The van der Waals surface area contributed by atoms with Gasteiger partial charge in [0.2, 0.25) is 0 Å². The van der Waals surface area contributed by atoms with E-state index in [1.807, 2.05) is 18.2 Å². The van der Waals surface area contributed by atoms with Crippen LogP contribution in [0.4, 0.5) is 0 Å². The molecular weight excluding hydrogens is 344 g/mol. The normalized spacial score (nSPS) is 25.0. The van der Waals surface area contributed by atoms with Gasteiger partial charge in [0.25, 0.3) is 0 Å². The molecule has 1 heterocycles. The molecular formula is C22H26O5. The Balaban J connectivity index is 1.94. The molecule has 5 heteroatoms. The number of phenolic OH excluding ortho intramolecular Hbond substituents is 1. The molecule has 1 aliphatic heterocycles. The van der Waals surface area contributed by atoms with Crippen molar-refractivity contribution < 1.29 is 24.1 Å². The van der Waals surface area contributed by atoms with E-state index in [1.54, 1.807) is 19.2 Å². The van der Waals surface area contributed by atoms with Gasteiger partial charge >= 0.3 is 0 Å². The predicted molar refractivity (Wildman–Crippen MR) is 103 cm³/mol. The number of benzene rings is 2. The van der Waals surface area contributed by atoms with Crippen LogP contribution in [0.15, 0.2) is 42.5 Å². The lowest BCUT2D eigenvalue weighted by molar-refractivity contribution is -0.0690. The first-order chi connectivity index (χ1) is 12.9. The van der Waals surface area contributed by atoms with Gasteiger partial charge in [-0.25, -0.2) is 0 Å². The van der Waals surface area contributed by atoms with E-state index in [4.69, 9.17) is 14.2 Å². The van der Waals surface area contributed by atoms with Gasteiger partial charge < -0.3 is 19.3 Å². The van der Waals surface area contributed by atoms with Gasteiger partial charge in [-0.15, -0.1) is 0 Å². The minimum Gasteiger partial charge on any atom is -0.507 e. The van der Waals surface area contributed by atoms with Gasteiger partial charge in [0, 0.05) is 23.0 Å². The number of aldehydes is 1. The number of methoxy groups -OCH3 is 1. The van der Waals surface area contributed by atoms with Crippen LogP contribution in [0.2, 0.25) is 0 Å². The Hall–Kier alpha value is -2.53. The van der Waals surface area contributed by atoms with Crippen molar-refractivity contribution in [2.24, 2.45) is 5.41 Å². The van der Waals surface area contributed by atoms with Crippen LogP contribution in [0, 0.1) is 5.41 Å². The standard InChI is InChI=1S/C22H26O5/c1-21(14-27-19-10-6-8-18(24)16(19)13-23)11-12-26-15-22(21,2)17-7-4-5-9-20(17)25-3/h4-10,13,24H,11-12,14-15H2,1-3H3. The maximum atomic E-state index is 11.3. The Labute approximate surface area is 159 Å². The number of para-hydroxylation sites is 1. The van der Waals surface area contributed by atoms with Crippen LogP contribution in [-0.2, 0) is 10.2 Å². The van der Waals surface area contributed by atoms with Crippen LogP contribution >= 0.6 is 0 Å². The largest absolute Gasteiger partial charge is 0.507 e. The highest BCUT2D eigenvalue weighted by molar-refractivity contribution is 5.83. The van der Waals surface area contributed by atoms with E-state index in [9.17, 15) is 9.90 Å². The van der Waals surface area contributed by atoms with E-state index in [1.165, 1.54) is 6.07 Å². The molecule has 0 aliphatic carbocycles. The Morgan fingerprint density at radius 1 is 1.15 bits per heavy atom. The summed E-state index contributed by atoms with van der Waals surface area (Å²) in [6.07, 6.45) is 1.42. The summed E-state index contributed by atoms with van der Waals surface area (Å²) in [5.74, 6) is 1.13. The first-order valence-electron chi connectivity index (χ1n) is 9.06. The molecule has 1 saturated heterocycles. The smallest absolute Gasteiger partial charge is 0.157 e. The third-order valence-electron chi connectivity index (χ3n) is 5.93. The van der Waals surface area contributed by atoms with E-state index in [0.29, 0.717) is 31.9 Å². The number of hydrogen-bond acceptors (Lipinski definition) is 5. The molecule has 1 fully saturated rings. The molecule has 27 heavy (non-hydrogen) atoms. The van der Waals surface area contributed by atoms with Crippen molar-refractivity contribution in [1.29, 1.82) is 0 Å². The molecule has 3 rings (SSSR count). The first kappa shape index (κ1) is 19.2. The van der Waals surface area contributed by atoms with E-state index in [2.05, 4.69) is 19.9 Å². The van der Waals surface area contributed by atoms with Gasteiger partial charge in [-0.1, -0.05) is 38.1 Å². The van der Waals surface area contributed by atoms with Crippen molar-refractivity contribution >= 4 is 6.29 Å². The average molecular weight is 370 g/mol. The lowest BCUT2D eigenvalue weighted by Crippen LogP contribution is -2.52. The maximum absolute atomic E-state index is 11.3. The molecule has 1 aliphatic rings. The van der Waals surface area contributed by atoms with Crippen molar-refractivity contribution in [3.05, 3.63) is 53.6 Å². The molecule has 0 amide bonds. The fraction of sp³-hybridized carbons (Fsp3) is 0.409. The Kier molecular flexibility index (Phi) is 5.42. The molecule has 0 bridgehead atoms. The molecule has 5 nitrogen and oxygen atoms in total. The van der Waals surface area contributed by atoms with E-state index in [0.717, 1.165) is 17.7 Å². The second kappa shape index (κ2) is 7.61. The van der Waals surface area contributed by atoms with E-state index < -0.39 is 0 Å². The highest BCUT2D eigenvalue weighted by Crippen LogP contribution is 2.50. The van der Waals surface area contributed by atoms with Gasteiger partial charge in [0.1, 0.15) is 17.2 Å². The zero-order chi connectivity index (χ0) is 19.5. The summed E-state index contributed by atoms with van der Waals surface area (Å²) in [6, 6.07) is 12.8. The summed E-state index contributed by atoms with van der Waals surface area (Å²) in [5, 5.41) is 9.89. The molecule has 144 valence electrons. The molecule has 0 saturated carbocycles. The molecule has 2 unspecified atom stereocenters. The van der Waals surface area contributed by atoms with Crippen LogP contribution in [0.25, 0.3) is 0 Å². The number of aromatic hydroxyl groups is 1. The van der Waals surface area contributed by atoms with Gasteiger partial charge in [-0.2, -0.15) is 0 Å². The van der Waals surface area contributed by atoms with Crippen molar-refractivity contribution in [2.75, 3.05) is 26.9 Å². The second-order valence-corrected chi connectivity index (χ2v) is 7.49. The number of ether oxygens (including phenoxy) is 3. The van der Waals surface area contributed by atoms with E-state index >= 15 is 0 Å². The fourth-order valence-corrected chi connectivity index (χ4v) is 3.77. The first-order valence-corrected chi connectivity index (χ1v) is 9.06. The summed E-state index contributed by atoms with van der Waals surface area (Å²) < 4.78 is 17.5. The molecule has 0 spiro atoms. The van der Waals surface area contributed by atoms with Crippen molar-refractivity contribution in [2.45, 2.75) is 25.7 Å². The molecule has 2 atom stereocenters. The topological polar surface area (TPSA) is 65.0 Å². The zero-order valence-electron chi connectivity index (χ0n) is 16.0. The summed E-state index contributed by atoms with van der Waals surface area (Å²) in [5.41, 5.74) is 0.651. The summed E-state index contributed by atoms with van der Waals surface area (Å²) in [7, 11) is 1.67. The highest BCUT2D eigenvalue weighted by Gasteiger charge is 2.50. The SMILES string of the molecule is COc1ccccc1C1(C)COCCC1(C)COc1cccc(O)c1C=O. The number of phenols is 1. The summed E-state index contributed by atoms with van der Waals surface area (Å²) in [4.78, 5) is 11.3. The van der Waals surface area contributed by atoms with Crippen LogP contribution in [0.3, 0.4) is 0 Å². The molecule has 0 radical (unpaired) electrons. The van der Waals surface area contributed by atoms with Gasteiger partial charge in [-0.3, -0.25) is 4.79 Å². The highest BCUT2D eigenvalue weighted by atomic mass is 16.5. The third-order valence-corrected chi connectivity index (χ3v) is 5.93. The van der Waals surface area contributed by atoms with Crippen LogP contribution in [0.1, 0.15) is 36.2 Å². The fourth-order valence-electron chi connectivity index (χ4n) is 3.77. The minimum atomic E-state index is -0.337. The molecule has 1 N–H and O–H groups in total. The summed E-state index contributed by atoms with van der Waals surface area (Å²) in [6.45, 7) is 5.91. The lowest BCUT2D eigenvalue weighted by atomic mass is 9.60. The monoisotopic (exact) mass is 370 g/mol. The number of rotatable bonds is 6. The zero-order valence-corrected chi connectivity index (χ0v) is 16.0. The van der Waals surface area contributed by atoms with Crippen LogP contribution in [-0.4, -0.2) is 38.3 Å². The van der Waals surface area contributed by atoms with Gasteiger partial charge in [0.15, 0.2) is 6.29 Å². The van der Waals surface area contributed by atoms with Gasteiger partial charge in [-0.05, 0) is 24.6 Å². The Morgan fingerprint density at radius 3 is 2.63 bits per heavy atom. The van der Waals surface area contributed by atoms with Crippen LogP contribution in [0.5, 0.6) is 17.2 Å². The Morgan fingerprint density at radius 2 is 1.89 bits per heavy atom. The molecule has 2 aromatic carbocycles. The molecule has 2 aromatic rings. The maximum Gasteiger partial charge on any atom is 0.157 e. The van der Waals surface area contributed by atoms with E-state index in [-0.39, 0.29) is 22.1 Å². The second-order valence-electron chi connectivity index (χ2n) is 7.49. The van der Waals surface area contributed by atoms with Crippen LogP contribution < -0.4 is 9.47 Å². The lowest BCUT2D eigenvalue weighted by Gasteiger charge is -2.50. The number of hydrogen-bond donors (Lipinski definition) is 1. The summed E-state index contributed by atoms with van der Waals surface area (Å²) >= 11 is 0.